The minimum atomic E-state index is -4.46. The van der Waals surface area contributed by atoms with E-state index in [9.17, 15) is 13.2 Å². The number of aromatic amines is 1. The summed E-state index contributed by atoms with van der Waals surface area (Å²) in [7, 11) is 1.58. The number of aromatic nitrogens is 2. The molecule has 34 heavy (non-hydrogen) atoms. The Balaban J connectivity index is 1.58. The van der Waals surface area contributed by atoms with Crippen molar-refractivity contribution in [2.24, 2.45) is 0 Å². The fourth-order valence-electron chi connectivity index (χ4n) is 3.15. The largest absolute Gasteiger partial charge is 0.497 e. The van der Waals surface area contributed by atoms with Gasteiger partial charge in [0, 0.05) is 23.5 Å². The van der Waals surface area contributed by atoms with E-state index >= 15 is 0 Å². The molecule has 0 unspecified atom stereocenters. The zero-order chi connectivity index (χ0) is 24.1. The van der Waals surface area contributed by atoms with Crippen molar-refractivity contribution in [3.63, 3.8) is 0 Å². The van der Waals surface area contributed by atoms with Gasteiger partial charge in [-0.3, -0.25) is 0 Å². The van der Waals surface area contributed by atoms with Gasteiger partial charge in [0.25, 0.3) is 0 Å². The number of rotatable bonds is 8. The third-order valence-corrected chi connectivity index (χ3v) is 5.25. The molecule has 9 heteroatoms. The fourth-order valence-corrected chi connectivity index (χ4v) is 3.28. The van der Waals surface area contributed by atoms with Crippen LogP contribution in [-0.4, -0.2) is 17.1 Å². The highest BCUT2D eigenvalue weighted by molar-refractivity contribution is 6.30. The summed E-state index contributed by atoms with van der Waals surface area (Å²) >= 11 is 5.91. The Hall–Kier alpha value is -3.65. The predicted octanol–water partition coefficient (Wildman–Crippen LogP) is 6.92. The van der Waals surface area contributed by atoms with E-state index in [0.717, 1.165) is 23.4 Å². The third-order valence-electron chi connectivity index (χ3n) is 4.99. The normalized spacial score (nSPS) is 11.3. The molecule has 4 aromatic rings. The Morgan fingerprint density at radius 2 is 1.56 bits per heavy atom. The molecule has 0 radical (unpaired) electrons. The number of halogens is 4. The zero-order valence-electron chi connectivity index (χ0n) is 18.0. The Labute approximate surface area is 199 Å². The van der Waals surface area contributed by atoms with E-state index in [4.69, 9.17) is 25.8 Å². The number of nitrogens with zero attached hydrogens (tertiary/aromatic N) is 1. The van der Waals surface area contributed by atoms with Crippen LogP contribution in [0.4, 0.5) is 13.2 Å². The molecule has 0 bridgehead atoms. The van der Waals surface area contributed by atoms with Crippen LogP contribution in [0.15, 0.2) is 73.1 Å². The van der Waals surface area contributed by atoms with E-state index in [2.05, 4.69) is 9.97 Å². The standard InChI is InChI=1S/C25H20ClF3N2O3/c1-32-20-8-4-17(5-9-20)14-33-23-11-24(34-15-16-2-6-19(26)7-3-16)31-13-21(23)22-10-18(12-30-22)25(27,28)29/h2-13,30H,14-15H2,1H3. The second-order valence-corrected chi connectivity index (χ2v) is 7.81. The summed E-state index contributed by atoms with van der Waals surface area (Å²) in [5.74, 6) is 1.30. The van der Waals surface area contributed by atoms with Crippen molar-refractivity contribution >= 4 is 11.6 Å². The van der Waals surface area contributed by atoms with E-state index in [1.165, 1.54) is 6.20 Å². The molecule has 0 saturated heterocycles. The fraction of sp³-hybridized carbons (Fsp3) is 0.160. The summed E-state index contributed by atoms with van der Waals surface area (Å²) < 4.78 is 56.2. The van der Waals surface area contributed by atoms with Crippen LogP contribution in [0, 0.1) is 0 Å². The SMILES string of the molecule is COc1ccc(COc2cc(OCc3ccc(Cl)cc3)ncc2-c2cc(C(F)(F)F)c[nH]2)cc1. The molecule has 2 heterocycles. The average Bonchev–Trinajstić information content (AvgIpc) is 3.34. The van der Waals surface area contributed by atoms with Crippen molar-refractivity contribution in [2.75, 3.05) is 7.11 Å². The first-order chi connectivity index (χ1) is 16.3. The van der Waals surface area contributed by atoms with Crippen LogP contribution in [0.5, 0.6) is 17.4 Å². The van der Waals surface area contributed by atoms with Gasteiger partial charge in [0.1, 0.15) is 24.7 Å². The number of hydrogen-bond donors (Lipinski definition) is 1. The molecule has 0 aliphatic rings. The van der Waals surface area contributed by atoms with Gasteiger partial charge in [0.2, 0.25) is 5.88 Å². The Bertz CT molecular complexity index is 1240. The molecule has 0 amide bonds. The van der Waals surface area contributed by atoms with Gasteiger partial charge >= 0.3 is 6.18 Å². The lowest BCUT2D eigenvalue weighted by molar-refractivity contribution is -0.137. The van der Waals surface area contributed by atoms with Crippen LogP contribution >= 0.6 is 11.6 Å². The van der Waals surface area contributed by atoms with Gasteiger partial charge in [-0.05, 0) is 41.5 Å². The van der Waals surface area contributed by atoms with E-state index < -0.39 is 11.7 Å². The van der Waals surface area contributed by atoms with Crippen LogP contribution < -0.4 is 14.2 Å². The summed E-state index contributed by atoms with van der Waals surface area (Å²) in [6, 6.07) is 17.0. The van der Waals surface area contributed by atoms with Gasteiger partial charge in [-0.25, -0.2) is 4.98 Å². The first kappa shape index (κ1) is 23.5. The highest BCUT2D eigenvalue weighted by Gasteiger charge is 2.32. The van der Waals surface area contributed by atoms with Crippen molar-refractivity contribution in [1.29, 1.82) is 0 Å². The van der Waals surface area contributed by atoms with Crippen LogP contribution in [0.3, 0.4) is 0 Å². The van der Waals surface area contributed by atoms with Gasteiger partial charge in [-0.1, -0.05) is 35.9 Å². The van der Waals surface area contributed by atoms with Gasteiger partial charge in [-0.15, -0.1) is 0 Å². The first-order valence-corrected chi connectivity index (χ1v) is 10.6. The number of pyridine rings is 1. The molecule has 0 aliphatic heterocycles. The lowest BCUT2D eigenvalue weighted by Gasteiger charge is -2.13. The summed E-state index contributed by atoms with van der Waals surface area (Å²) in [6.07, 6.45) is -2.13. The van der Waals surface area contributed by atoms with Crippen LogP contribution in [0.2, 0.25) is 5.02 Å². The molecule has 0 atom stereocenters. The molecule has 176 valence electrons. The zero-order valence-corrected chi connectivity index (χ0v) is 18.8. The van der Waals surface area contributed by atoms with Crippen LogP contribution in [0.25, 0.3) is 11.3 Å². The van der Waals surface area contributed by atoms with Crippen molar-refractivity contribution in [1.82, 2.24) is 9.97 Å². The Kier molecular flexibility index (Phi) is 6.98. The summed E-state index contributed by atoms with van der Waals surface area (Å²) in [5.41, 5.74) is 1.56. The summed E-state index contributed by atoms with van der Waals surface area (Å²) in [6.45, 7) is 0.423. The molecule has 1 N–H and O–H groups in total. The Morgan fingerprint density at radius 3 is 2.18 bits per heavy atom. The minimum Gasteiger partial charge on any atom is -0.497 e. The average molecular weight is 489 g/mol. The Morgan fingerprint density at radius 1 is 0.912 bits per heavy atom. The van der Waals surface area contributed by atoms with Gasteiger partial charge in [0.05, 0.1) is 23.9 Å². The minimum absolute atomic E-state index is 0.185. The molecule has 5 nitrogen and oxygen atoms in total. The quantitative estimate of drug-likeness (QED) is 0.292. The number of H-pyrrole nitrogens is 1. The van der Waals surface area contributed by atoms with E-state index in [1.54, 1.807) is 37.4 Å². The van der Waals surface area contributed by atoms with Crippen LogP contribution in [0.1, 0.15) is 16.7 Å². The molecular weight excluding hydrogens is 469 g/mol. The van der Waals surface area contributed by atoms with Crippen molar-refractivity contribution < 1.29 is 27.4 Å². The number of nitrogens with one attached hydrogen (secondary N) is 1. The number of methoxy groups -OCH3 is 1. The first-order valence-electron chi connectivity index (χ1n) is 10.2. The van der Waals surface area contributed by atoms with Crippen LogP contribution in [-0.2, 0) is 19.4 Å². The molecule has 0 spiro atoms. The maximum Gasteiger partial charge on any atom is 0.417 e. The molecule has 0 aliphatic carbocycles. The molecule has 4 rings (SSSR count). The van der Waals surface area contributed by atoms with Gasteiger partial charge in [0.15, 0.2) is 0 Å². The maximum atomic E-state index is 13.1. The van der Waals surface area contributed by atoms with Crippen molar-refractivity contribution in [3.05, 3.63) is 94.8 Å². The lowest BCUT2D eigenvalue weighted by atomic mass is 10.1. The second-order valence-electron chi connectivity index (χ2n) is 7.37. The number of alkyl halides is 3. The number of ether oxygens (including phenoxy) is 3. The van der Waals surface area contributed by atoms with Gasteiger partial charge < -0.3 is 19.2 Å². The van der Waals surface area contributed by atoms with Crippen molar-refractivity contribution in [2.45, 2.75) is 19.4 Å². The molecular formula is C25H20ClF3N2O3. The maximum absolute atomic E-state index is 13.1. The lowest BCUT2D eigenvalue weighted by Crippen LogP contribution is -2.02. The molecule has 0 fully saturated rings. The highest BCUT2D eigenvalue weighted by Crippen LogP contribution is 2.36. The molecule has 0 saturated carbocycles. The monoisotopic (exact) mass is 488 g/mol. The highest BCUT2D eigenvalue weighted by atomic mass is 35.5. The van der Waals surface area contributed by atoms with E-state index in [0.29, 0.717) is 22.1 Å². The third kappa shape index (κ3) is 5.82. The number of benzene rings is 2. The molecule has 2 aromatic carbocycles. The predicted molar refractivity (Wildman–Crippen MR) is 122 cm³/mol. The van der Waals surface area contributed by atoms with Gasteiger partial charge in [-0.2, -0.15) is 13.2 Å². The number of hydrogen-bond acceptors (Lipinski definition) is 4. The smallest absolute Gasteiger partial charge is 0.417 e. The topological polar surface area (TPSA) is 56.4 Å². The summed E-state index contributed by atoms with van der Waals surface area (Å²) in [4.78, 5) is 6.91. The van der Waals surface area contributed by atoms with E-state index in [1.807, 2.05) is 24.3 Å². The van der Waals surface area contributed by atoms with E-state index in [-0.39, 0.29) is 24.8 Å². The second kappa shape index (κ2) is 10.1. The molecule has 2 aromatic heterocycles. The summed E-state index contributed by atoms with van der Waals surface area (Å²) in [5, 5.41) is 0.615. The van der Waals surface area contributed by atoms with Crippen molar-refractivity contribution in [3.8, 4) is 28.6 Å².